The molecule has 0 aliphatic heterocycles. The van der Waals surface area contributed by atoms with Crippen molar-refractivity contribution in [2.75, 3.05) is 0 Å². The maximum absolute atomic E-state index is 13.7. The molecule has 130 valence electrons. The van der Waals surface area contributed by atoms with Crippen molar-refractivity contribution < 1.29 is 13.2 Å². The summed E-state index contributed by atoms with van der Waals surface area (Å²) in [6, 6.07) is 0. The SMILES string of the molecule is Cn1c(=O)c2nc(C(F)F)[nH]c(=O)c2n(CCCC2(F)CC2)c1=O. The average molecular weight is 344 g/mol. The Balaban J connectivity index is 2.14. The predicted octanol–water partition coefficient (Wildman–Crippen LogP) is 1.00. The molecule has 2 aromatic rings. The molecule has 7 nitrogen and oxygen atoms in total. The quantitative estimate of drug-likeness (QED) is 0.876. The molecule has 0 spiro atoms. The van der Waals surface area contributed by atoms with Crippen LogP contribution in [0.2, 0.25) is 0 Å². The van der Waals surface area contributed by atoms with Gasteiger partial charge in [0.25, 0.3) is 17.5 Å². The number of rotatable bonds is 5. The third-order valence-corrected chi connectivity index (χ3v) is 4.21. The number of fused-ring (bicyclic) bond motifs is 1. The number of aromatic nitrogens is 4. The average Bonchev–Trinajstić information content (AvgIpc) is 3.26. The van der Waals surface area contributed by atoms with Gasteiger partial charge in [-0.2, -0.15) is 0 Å². The molecule has 0 bridgehead atoms. The Morgan fingerprint density at radius 3 is 2.54 bits per heavy atom. The van der Waals surface area contributed by atoms with Crippen molar-refractivity contribution in [1.82, 2.24) is 19.1 Å². The normalized spacial score (nSPS) is 16.0. The lowest BCUT2D eigenvalue weighted by atomic mass is 10.2. The van der Waals surface area contributed by atoms with E-state index in [4.69, 9.17) is 0 Å². The lowest BCUT2D eigenvalue weighted by molar-refractivity contribution is 0.140. The van der Waals surface area contributed by atoms with E-state index in [0.717, 1.165) is 4.57 Å². The van der Waals surface area contributed by atoms with Crippen molar-refractivity contribution in [3.63, 3.8) is 0 Å². The minimum Gasteiger partial charge on any atom is -0.304 e. The summed E-state index contributed by atoms with van der Waals surface area (Å²) in [5.74, 6) is -0.935. The Bertz CT molecular complexity index is 972. The van der Waals surface area contributed by atoms with Crippen LogP contribution in [-0.2, 0) is 13.6 Å². The van der Waals surface area contributed by atoms with Crippen molar-refractivity contribution in [3.05, 3.63) is 37.0 Å². The van der Waals surface area contributed by atoms with E-state index in [2.05, 4.69) is 4.98 Å². The molecule has 1 fully saturated rings. The van der Waals surface area contributed by atoms with Crippen LogP contribution < -0.4 is 16.8 Å². The van der Waals surface area contributed by atoms with Crippen LogP contribution in [0, 0.1) is 0 Å². The van der Waals surface area contributed by atoms with Crippen molar-refractivity contribution in [2.24, 2.45) is 7.05 Å². The van der Waals surface area contributed by atoms with Gasteiger partial charge in [-0.05, 0) is 25.7 Å². The van der Waals surface area contributed by atoms with Gasteiger partial charge in [0.15, 0.2) is 11.3 Å². The van der Waals surface area contributed by atoms with Gasteiger partial charge in [-0.3, -0.25) is 18.7 Å². The second kappa shape index (κ2) is 5.60. The first-order valence-corrected chi connectivity index (χ1v) is 7.44. The van der Waals surface area contributed by atoms with E-state index in [9.17, 15) is 27.6 Å². The van der Waals surface area contributed by atoms with Crippen LogP contribution >= 0.6 is 0 Å². The molecule has 1 aliphatic carbocycles. The van der Waals surface area contributed by atoms with E-state index < -0.39 is 40.2 Å². The van der Waals surface area contributed by atoms with Crippen molar-refractivity contribution in [2.45, 2.75) is 44.3 Å². The fourth-order valence-corrected chi connectivity index (χ4v) is 2.66. The summed E-state index contributed by atoms with van der Waals surface area (Å²) in [5, 5.41) is 0. The molecule has 0 amide bonds. The zero-order valence-corrected chi connectivity index (χ0v) is 12.8. The zero-order valence-electron chi connectivity index (χ0n) is 12.8. The number of aryl methyl sites for hydroxylation is 1. The van der Waals surface area contributed by atoms with Crippen molar-refractivity contribution in [1.29, 1.82) is 0 Å². The van der Waals surface area contributed by atoms with Gasteiger partial charge in [0, 0.05) is 13.6 Å². The topological polar surface area (TPSA) is 89.8 Å². The number of H-pyrrole nitrogens is 1. The second-order valence-corrected chi connectivity index (χ2v) is 6.00. The number of alkyl halides is 3. The molecular formula is C14H15F3N4O3. The van der Waals surface area contributed by atoms with Gasteiger partial charge in [0.05, 0.1) is 0 Å². The molecule has 0 radical (unpaired) electrons. The summed E-state index contributed by atoms with van der Waals surface area (Å²) in [6.07, 6.45) is -1.62. The highest BCUT2D eigenvalue weighted by Crippen LogP contribution is 2.43. The van der Waals surface area contributed by atoms with Crippen molar-refractivity contribution >= 4 is 11.0 Å². The van der Waals surface area contributed by atoms with Crippen molar-refractivity contribution in [3.8, 4) is 0 Å². The Labute approximate surface area is 132 Å². The highest BCUT2D eigenvalue weighted by molar-refractivity contribution is 5.72. The molecule has 0 atom stereocenters. The van der Waals surface area contributed by atoms with Gasteiger partial charge in [-0.1, -0.05) is 0 Å². The predicted molar refractivity (Wildman–Crippen MR) is 79.1 cm³/mol. The van der Waals surface area contributed by atoms with Crippen LogP contribution in [0.3, 0.4) is 0 Å². The standard InChI is InChI=1S/C14H15F3N4O3/c1-20-12(23)7-8(11(22)19-10(18-7)9(15)16)21(13(20)24)6-2-3-14(17)4-5-14/h9H,2-6H2,1H3,(H,18,19,22). The van der Waals surface area contributed by atoms with Crippen LogP contribution in [0.1, 0.15) is 37.9 Å². The second-order valence-electron chi connectivity index (χ2n) is 6.00. The third-order valence-electron chi connectivity index (χ3n) is 4.21. The molecule has 10 heteroatoms. The summed E-state index contributed by atoms with van der Waals surface area (Å²) in [5.41, 5.74) is -4.77. The summed E-state index contributed by atoms with van der Waals surface area (Å²) in [4.78, 5) is 41.8. The Morgan fingerprint density at radius 2 is 1.96 bits per heavy atom. The van der Waals surface area contributed by atoms with E-state index in [1.54, 1.807) is 0 Å². The van der Waals surface area contributed by atoms with E-state index >= 15 is 0 Å². The Morgan fingerprint density at radius 1 is 1.29 bits per heavy atom. The van der Waals surface area contributed by atoms with Gasteiger partial charge >= 0.3 is 5.69 Å². The zero-order chi connectivity index (χ0) is 17.6. The first kappa shape index (κ1) is 16.5. The first-order valence-electron chi connectivity index (χ1n) is 7.44. The number of halogens is 3. The molecule has 24 heavy (non-hydrogen) atoms. The smallest absolute Gasteiger partial charge is 0.304 e. The summed E-state index contributed by atoms with van der Waals surface area (Å²) >= 11 is 0. The molecule has 1 saturated carbocycles. The largest absolute Gasteiger partial charge is 0.331 e. The Kier molecular flexibility index (Phi) is 3.84. The molecule has 2 aromatic heterocycles. The molecular weight excluding hydrogens is 329 g/mol. The van der Waals surface area contributed by atoms with Gasteiger partial charge in [0.1, 0.15) is 11.2 Å². The fraction of sp³-hybridized carbons (Fsp3) is 0.571. The third kappa shape index (κ3) is 2.76. The highest BCUT2D eigenvalue weighted by atomic mass is 19.3. The maximum Gasteiger partial charge on any atom is 0.331 e. The molecule has 0 aromatic carbocycles. The van der Waals surface area contributed by atoms with Crippen LogP contribution in [0.15, 0.2) is 14.4 Å². The molecule has 2 heterocycles. The van der Waals surface area contributed by atoms with Crippen LogP contribution in [0.25, 0.3) is 11.0 Å². The van der Waals surface area contributed by atoms with Gasteiger partial charge in [-0.25, -0.2) is 22.9 Å². The van der Waals surface area contributed by atoms with E-state index in [1.807, 2.05) is 4.98 Å². The minimum atomic E-state index is -3.06. The van der Waals surface area contributed by atoms with Gasteiger partial charge in [-0.15, -0.1) is 0 Å². The lowest BCUT2D eigenvalue weighted by Crippen LogP contribution is -2.41. The fourth-order valence-electron chi connectivity index (χ4n) is 2.66. The number of nitrogens with zero attached hydrogens (tertiary/aromatic N) is 3. The number of nitrogens with one attached hydrogen (secondary N) is 1. The molecule has 1 aliphatic rings. The Hall–Kier alpha value is -2.39. The number of hydrogen-bond acceptors (Lipinski definition) is 4. The molecule has 3 rings (SSSR count). The first-order chi connectivity index (χ1) is 11.2. The van der Waals surface area contributed by atoms with Crippen LogP contribution in [0.4, 0.5) is 13.2 Å². The van der Waals surface area contributed by atoms with E-state index in [-0.39, 0.29) is 24.9 Å². The summed E-state index contributed by atoms with van der Waals surface area (Å²) in [7, 11) is 1.17. The van der Waals surface area contributed by atoms with Gasteiger partial charge in [0.2, 0.25) is 0 Å². The molecule has 0 saturated heterocycles. The monoisotopic (exact) mass is 344 g/mol. The number of aromatic amines is 1. The van der Waals surface area contributed by atoms with E-state index in [0.29, 0.717) is 17.4 Å². The van der Waals surface area contributed by atoms with E-state index in [1.165, 1.54) is 7.05 Å². The summed E-state index contributed by atoms with van der Waals surface area (Å²) < 4.78 is 40.9. The van der Waals surface area contributed by atoms with Crippen LogP contribution in [-0.4, -0.2) is 24.8 Å². The summed E-state index contributed by atoms with van der Waals surface area (Å²) in [6.45, 7) is -0.00604. The molecule has 1 N–H and O–H groups in total. The number of hydrogen-bond donors (Lipinski definition) is 1. The van der Waals surface area contributed by atoms with Crippen LogP contribution in [0.5, 0.6) is 0 Å². The maximum atomic E-state index is 13.7. The van der Waals surface area contributed by atoms with Gasteiger partial charge < -0.3 is 4.98 Å². The molecule has 0 unspecified atom stereocenters. The minimum absolute atomic E-state index is 0.00604. The highest BCUT2D eigenvalue weighted by Gasteiger charge is 2.42. The lowest BCUT2D eigenvalue weighted by Gasteiger charge is -2.12.